The molecule has 5 nitrogen and oxygen atoms in total. The Kier molecular flexibility index (Phi) is 4.77. The summed E-state index contributed by atoms with van der Waals surface area (Å²) in [7, 11) is 3.99. The number of nitrogens with one attached hydrogen (secondary N) is 2. The molecule has 0 fully saturated rings. The van der Waals surface area contributed by atoms with E-state index in [4.69, 9.17) is 0 Å². The van der Waals surface area contributed by atoms with Crippen LogP contribution in [0.4, 0.5) is 5.69 Å². The molecule has 5 heteroatoms. The molecule has 0 radical (unpaired) electrons. The molecule has 0 aliphatic rings. The number of amides is 1. The topological polar surface area (TPSA) is 61.0 Å². The third-order valence-corrected chi connectivity index (χ3v) is 3.22. The summed E-state index contributed by atoms with van der Waals surface area (Å²) in [5.41, 5.74) is 4.09. The number of nitrogens with zero attached hydrogens (tertiary/aromatic N) is 2. The summed E-state index contributed by atoms with van der Waals surface area (Å²) in [6, 6.07) is 8.01. The van der Waals surface area contributed by atoms with Crippen molar-refractivity contribution in [3.05, 3.63) is 53.4 Å². The van der Waals surface area contributed by atoms with Gasteiger partial charge in [-0.05, 0) is 30.7 Å². The minimum absolute atomic E-state index is 0.118. The van der Waals surface area contributed by atoms with E-state index in [0.29, 0.717) is 6.54 Å². The lowest BCUT2D eigenvalue weighted by molar-refractivity contribution is -0.116. The zero-order chi connectivity index (χ0) is 15.2. The van der Waals surface area contributed by atoms with Gasteiger partial charge in [0.25, 0.3) is 0 Å². The molecule has 0 spiro atoms. The van der Waals surface area contributed by atoms with E-state index in [1.165, 1.54) is 0 Å². The van der Waals surface area contributed by atoms with Crippen LogP contribution in [0.2, 0.25) is 0 Å². The maximum Gasteiger partial charge on any atom is 0.244 e. The molecule has 2 rings (SSSR count). The lowest BCUT2D eigenvalue weighted by Crippen LogP contribution is -2.20. The molecule has 1 heterocycles. The van der Waals surface area contributed by atoms with Crippen LogP contribution >= 0.6 is 0 Å². The molecule has 1 aromatic carbocycles. The number of anilines is 1. The van der Waals surface area contributed by atoms with Crippen LogP contribution in [-0.4, -0.2) is 30.2 Å². The van der Waals surface area contributed by atoms with Gasteiger partial charge in [0.05, 0.1) is 6.20 Å². The first-order valence-corrected chi connectivity index (χ1v) is 6.78. The van der Waals surface area contributed by atoms with Gasteiger partial charge in [0.1, 0.15) is 0 Å². The number of carbonyl (C=O) groups excluding carboxylic acids is 1. The molecule has 0 bridgehead atoms. The second-order valence-corrected chi connectivity index (χ2v) is 5.06. The molecule has 2 aromatic rings. The quantitative estimate of drug-likeness (QED) is 0.827. The third-order valence-electron chi connectivity index (χ3n) is 3.22. The highest BCUT2D eigenvalue weighted by atomic mass is 16.1. The van der Waals surface area contributed by atoms with Gasteiger partial charge in [-0.2, -0.15) is 5.10 Å². The van der Waals surface area contributed by atoms with Crippen molar-refractivity contribution in [3.63, 3.8) is 0 Å². The van der Waals surface area contributed by atoms with Crippen molar-refractivity contribution in [2.75, 3.05) is 19.0 Å². The number of benzene rings is 1. The van der Waals surface area contributed by atoms with Crippen molar-refractivity contribution in [1.29, 1.82) is 0 Å². The smallest absolute Gasteiger partial charge is 0.244 e. The van der Waals surface area contributed by atoms with Crippen LogP contribution in [0.15, 0.2) is 36.5 Å². The Morgan fingerprint density at radius 3 is 2.62 bits per heavy atom. The molecule has 0 unspecified atom stereocenters. The first-order valence-electron chi connectivity index (χ1n) is 6.78. The second-order valence-electron chi connectivity index (χ2n) is 5.06. The summed E-state index contributed by atoms with van der Waals surface area (Å²) < 4.78 is 0. The van der Waals surface area contributed by atoms with Gasteiger partial charge in [0, 0.05) is 43.7 Å². The van der Waals surface area contributed by atoms with Crippen LogP contribution in [0.1, 0.15) is 16.8 Å². The largest absolute Gasteiger partial charge is 0.378 e. The Labute approximate surface area is 124 Å². The summed E-state index contributed by atoms with van der Waals surface area (Å²) in [6.07, 6.45) is 5.07. The highest BCUT2D eigenvalue weighted by Crippen LogP contribution is 2.13. The van der Waals surface area contributed by atoms with Crippen molar-refractivity contribution >= 4 is 17.7 Å². The Morgan fingerprint density at radius 1 is 1.33 bits per heavy atom. The van der Waals surface area contributed by atoms with Gasteiger partial charge < -0.3 is 10.2 Å². The average Bonchev–Trinajstić information content (AvgIpc) is 2.88. The first-order chi connectivity index (χ1) is 10.1. The molecule has 110 valence electrons. The summed E-state index contributed by atoms with van der Waals surface area (Å²) in [5, 5.41) is 9.59. The second kappa shape index (κ2) is 6.74. The average molecular weight is 284 g/mol. The SMILES string of the molecule is Cc1[nH]ncc1CNC(=O)/C=C/c1ccc(N(C)C)cc1. The molecule has 0 aliphatic carbocycles. The van der Waals surface area contributed by atoms with Crippen LogP contribution in [0, 0.1) is 6.92 Å². The fourth-order valence-electron chi connectivity index (χ4n) is 1.85. The maximum absolute atomic E-state index is 11.8. The number of H-pyrrole nitrogens is 1. The predicted molar refractivity (Wildman–Crippen MR) is 85.0 cm³/mol. The molecular formula is C16H20N4O. The van der Waals surface area contributed by atoms with E-state index < -0.39 is 0 Å². The summed E-state index contributed by atoms with van der Waals surface area (Å²) in [5.74, 6) is -0.118. The Balaban J connectivity index is 1.88. The van der Waals surface area contributed by atoms with Crippen LogP contribution in [-0.2, 0) is 11.3 Å². The van der Waals surface area contributed by atoms with Crippen molar-refractivity contribution in [2.24, 2.45) is 0 Å². The zero-order valence-corrected chi connectivity index (χ0v) is 12.6. The molecule has 0 saturated heterocycles. The summed E-state index contributed by atoms with van der Waals surface area (Å²) >= 11 is 0. The van der Waals surface area contributed by atoms with Crippen molar-refractivity contribution < 1.29 is 4.79 Å². The fraction of sp³-hybridized carbons (Fsp3) is 0.250. The molecule has 21 heavy (non-hydrogen) atoms. The highest BCUT2D eigenvalue weighted by Gasteiger charge is 2.01. The third kappa shape index (κ3) is 4.21. The Bertz CT molecular complexity index is 626. The number of aromatic amines is 1. The lowest BCUT2D eigenvalue weighted by Gasteiger charge is -2.11. The Hall–Kier alpha value is -2.56. The highest BCUT2D eigenvalue weighted by molar-refractivity contribution is 5.91. The fourth-order valence-corrected chi connectivity index (χ4v) is 1.85. The van der Waals surface area contributed by atoms with Crippen molar-refractivity contribution in [1.82, 2.24) is 15.5 Å². The molecule has 0 saturated carbocycles. The van der Waals surface area contributed by atoms with Gasteiger partial charge in [-0.25, -0.2) is 0 Å². The van der Waals surface area contributed by atoms with Crippen LogP contribution in [0.5, 0.6) is 0 Å². The number of carbonyl (C=O) groups is 1. The number of rotatable bonds is 5. The van der Waals surface area contributed by atoms with Gasteiger partial charge >= 0.3 is 0 Å². The van der Waals surface area contributed by atoms with E-state index in [1.807, 2.05) is 50.2 Å². The maximum atomic E-state index is 11.8. The number of hydrogen-bond donors (Lipinski definition) is 2. The molecule has 0 aliphatic heterocycles. The molecule has 0 atom stereocenters. The summed E-state index contributed by atoms with van der Waals surface area (Å²) in [6.45, 7) is 2.40. The van der Waals surface area contributed by atoms with Crippen LogP contribution in [0.25, 0.3) is 6.08 Å². The van der Waals surface area contributed by atoms with Crippen LogP contribution < -0.4 is 10.2 Å². The van der Waals surface area contributed by atoms with Crippen molar-refractivity contribution in [2.45, 2.75) is 13.5 Å². The first kappa shape index (κ1) is 14.8. The predicted octanol–water partition coefficient (Wildman–Crippen LogP) is 2.11. The van der Waals surface area contributed by atoms with E-state index in [9.17, 15) is 4.79 Å². The van der Waals surface area contributed by atoms with Gasteiger partial charge in [-0.1, -0.05) is 12.1 Å². The van der Waals surface area contributed by atoms with Gasteiger partial charge in [-0.15, -0.1) is 0 Å². The lowest BCUT2D eigenvalue weighted by atomic mass is 10.2. The summed E-state index contributed by atoms with van der Waals surface area (Å²) in [4.78, 5) is 13.8. The van der Waals surface area contributed by atoms with Crippen molar-refractivity contribution in [3.8, 4) is 0 Å². The van der Waals surface area contributed by atoms with E-state index in [2.05, 4.69) is 15.5 Å². The number of aromatic nitrogens is 2. The monoisotopic (exact) mass is 284 g/mol. The van der Waals surface area contributed by atoms with Gasteiger partial charge in [0.2, 0.25) is 5.91 Å². The zero-order valence-electron chi connectivity index (χ0n) is 12.6. The Morgan fingerprint density at radius 2 is 2.05 bits per heavy atom. The normalized spacial score (nSPS) is 10.8. The van der Waals surface area contributed by atoms with E-state index >= 15 is 0 Å². The van der Waals surface area contributed by atoms with E-state index in [0.717, 1.165) is 22.5 Å². The number of hydrogen-bond acceptors (Lipinski definition) is 3. The number of aryl methyl sites for hydroxylation is 1. The minimum atomic E-state index is -0.118. The molecule has 1 aromatic heterocycles. The van der Waals surface area contributed by atoms with Gasteiger partial charge in [0.15, 0.2) is 0 Å². The van der Waals surface area contributed by atoms with Crippen LogP contribution in [0.3, 0.4) is 0 Å². The standard InChI is InChI=1S/C16H20N4O/c1-12-14(11-18-19-12)10-17-16(21)9-6-13-4-7-15(8-5-13)20(2)3/h4-9,11H,10H2,1-3H3,(H,17,21)(H,18,19)/b9-6+. The molecular weight excluding hydrogens is 264 g/mol. The molecule has 2 N–H and O–H groups in total. The molecule has 1 amide bonds. The van der Waals surface area contributed by atoms with Gasteiger partial charge in [-0.3, -0.25) is 9.89 Å². The van der Waals surface area contributed by atoms with E-state index in [1.54, 1.807) is 18.3 Å². The van der Waals surface area contributed by atoms with E-state index in [-0.39, 0.29) is 5.91 Å². The minimum Gasteiger partial charge on any atom is -0.378 e.